The van der Waals surface area contributed by atoms with Gasteiger partial charge in [-0.15, -0.1) is 0 Å². The fraction of sp³-hybridized carbons (Fsp3) is 0.381. The molecule has 0 aliphatic heterocycles. The van der Waals surface area contributed by atoms with Crippen LogP contribution in [0.1, 0.15) is 37.9 Å². The van der Waals surface area contributed by atoms with Crippen molar-refractivity contribution < 1.29 is 0 Å². The van der Waals surface area contributed by atoms with Gasteiger partial charge in [0.25, 0.3) is 0 Å². The Balaban J connectivity index is 2.09. The van der Waals surface area contributed by atoms with Gasteiger partial charge in [-0.25, -0.2) is 0 Å². The van der Waals surface area contributed by atoms with Crippen LogP contribution in [0.3, 0.4) is 0 Å². The van der Waals surface area contributed by atoms with Gasteiger partial charge in [0.05, 0.1) is 5.69 Å². The Morgan fingerprint density at radius 2 is 1.83 bits per heavy atom. The van der Waals surface area contributed by atoms with Crippen molar-refractivity contribution in [3.8, 4) is 0 Å². The summed E-state index contributed by atoms with van der Waals surface area (Å²) >= 11 is 0. The highest BCUT2D eigenvalue weighted by Gasteiger charge is 2.06. The quantitative estimate of drug-likeness (QED) is 0.691. The molecule has 122 valence electrons. The summed E-state index contributed by atoms with van der Waals surface area (Å²) in [6, 6.07) is 16.6. The largest absolute Gasteiger partial charge is 0.303 e. The second-order valence-corrected chi connectivity index (χ2v) is 6.50. The zero-order valence-electron chi connectivity index (χ0n) is 14.6. The summed E-state index contributed by atoms with van der Waals surface area (Å²) in [6.45, 7) is 6.65. The van der Waals surface area contributed by atoms with Gasteiger partial charge < -0.3 is 4.90 Å². The van der Waals surface area contributed by atoms with Gasteiger partial charge in [-0.2, -0.15) is 0 Å². The maximum atomic E-state index is 4.53. The maximum Gasteiger partial charge on any atom is 0.0705 e. The minimum absolute atomic E-state index is 0.785. The summed E-state index contributed by atoms with van der Waals surface area (Å²) in [7, 11) is 2.19. The molecule has 0 unspecified atom stereocenters. The van der Waals surface area contributed by atoms with E-state index in [1.165, 1.54) is 24.0 Å². The van der Waals surface area contributed by atoms with Gasteiger partial charge in [0.15, 0.2) is 0 Å². The first-order valence-corrected chi connectivity index (χ1v) is 8.52. The molecule has 1 aromatic carbocycles. The van der Waals surface area contributed by atoms with Crippen molar-refractivity contribution in [3.05, 3.63) is 72.1 Å². The summed E-state index contributed by atoms with van der Waals surface area (Å²) in [5, 5.41) is 0. The number of likely N-dealkylation sites (N-methyl/N-ethyl adjacent to an activating group) is 1. The van der Waals surface area contributed by atoms with Gasteiger partial charge in [-0.05, 0) is 50.0 Å². The fourth-order valence-electron chi connectivity index (χ4n) is 2.62. The summed E-state index contributed by atoms with van der Waals surface area (Å²) in [5.41, 5.74) is 3.47. The number of pyridine rings is 1. The Morgan fingerprint density at radius 3 is 2.48 bits per heavy atom. The van der Waals surface area contributed by atoms with E-state index >= 15 is 0 Å². The van der Waals surface area contributed by atoms with Crippen LogP contribution in [0.25, 0.3) is 5.57 Å². The molecule has 23 heavy (non-hydrogen) atoms. The lowest BCUT2D eigenvalue weighted by atomic mass is 10.0. The highest BCUT2D eigenvalue weighted by molar-refractivity contribution is 5.77. The molecule has 1 aromatic heterocycles. The predicted molar refractivity (Wildman–Crippen MR) is 99.3 cm³/mol. The first kappa shape index (κ1) is 17.4. The number of hydrogen-bond donors (Lipinski definition) is 0. The molecule has 2 rings (SSSR count). The van der Waals surface area contributed by atoms with Crippen molar-refractivity contribution in [1.82, 2.24) is 9.88 Å². The summed E-state index contributed by atoms with van der Waals surface area (Å²) in [6.07, 6.45) is 6.71. The van der Waals surface area contributed by atoms with Crippen molar-refractivity contribution in [2.45, 2.75) is 26.7 Å². The van der Waals surface area contributed by atoms with Gasteiger partial charge in [0.1, 0.15) is 0 Å². The number of aromatic nitrogens is 1. The van der Waals surface area contributed by atoms with E-state index in [9.17, 15) is 0 Å². The van der Waals surface area contributed by atoms with E-state index in [1.54, 1.807) is 0 Å². The zero-order valence-corrected chi connectivity index (χ0v) is 14.6. The van der Waals surface area contributed by atoms with Crippen LogP contribution in [0, 0.1) is 5.92 Å². The Morgan fingerprint density at radius 1 is 1.09 bits per heavy atom. The molecule has 0 amide bonds. The highest BCUT2D eigenvalue weighted by Crippen LogP contribution is 2.21. The number of hydrogen-bond acceptors (Lipinski definition) is 2. The molecule has 2 aromatic rings. The average molecular weight is 308 g/mol. The molecular weight excluding hydrogens is 280 g/mol. The van der Waals surface area contributed by atoms with Crippen molar-refractivity contribution in [1.29, 1.82) is 0 Å². The standard InChI is InChI=1S/C21H28N2/c1-18(2)10-9-16-23(3)17-14-20(19-11-5-4-6-12-19)21-13-7-8-15-22-21/h4-8,11-15,18H,9-10,16-17H2,1-3H3/b20-14+. The molecule has 2 nitrogen and oxygen atoms in total. The maximum absolute atomic E-state index is 4.53. The third-order valence-electron chi connectivity index (χ3n) is 3.95. The zero-order chi connectivity index (χ0) is 16.5. The monoisotopic (exact) mass is 308 g/mol. The van der Waals surface area contributed by atoms with E-state index < -0.39 is 0 Å². The van der Waals surface area contributed by atoms with Crippen molar-refractivity contribution >= 4 is 5.57 Å². The normalized spacial score (nSPS) is 12.1. The van der Waals surface area contributed by atoms with Gasteiger partial charge in [0.2, 0.25) is 0 Å². The Labute approximate surface area is 140 Å². The Hall–Kier alpha value is -1.93. The minimum Gasteiger partial charge on any atom is -0.303 e. The van der Waals surface area contributed by atoms with E-state index in [2.05, 4.69) is 73.3 Å². The Bertz CT molecular complexity index is 546. The third-order valence-corrected chi connectivity index (χ3v) is 3.95. The van der Waals surface area contributed by atoms with E-state index in [4.69, 9.17) is 0 Å². The van der Waals surface area contributed by atoms with Crippen LogP contribution in [-0.2, 0) is 0 Å². The van der Waals surface area contributed by atoms with Crippen molar-refractivity contribution in [2.24, 2.45) is 5.92 Å². The summed E-state index contributed by atoms with van der Waals surface area (Å²) < 4.78 is 0. The van der Waals surface area contributed by atoms with Crippen molar-refractivity contribution in [2.75, 3.05) is 20.1 Å². The average Bonchev–Trinajstić information content (AvgIpc) is 2.57. The first-order valence-electron chi connectivity index (χ1n) is 8.52. The van der Waals surface area contributed by atoms with E-state index in [-0.39, 0.29) is 0 Å². The SMILES string of the molecule is CC(C)CCCN(C)C/C=C(\c1ccccc1)c1ccccn1. The molecule has 0 radical (unpaired) electrons. The summed E-state index contributed by atoms with van der Waals surface area (Å²) in [4.78, 5) is 6.92. The predicted octanol–water partition coefficient (Wildman–Crippen LogP) is 4.88. The molecule has 0 aliphatic rings. The van der Waals surface area contributed by atoms with E-state index in [0.717, 1.165) is 24.7 Å². The second-order valence-electron chi connectivity index (χ2n) is 6.50. The van der Waals surface area contributed by atoms with Crippen LogP contribution in [0.5, 0.6) is 0 Å². The minimum atomic E-state index is 0.785. The van der Waals surface area contributed by atoms with Gasteiger partial charge in [0, 0.05) is 18.3 Å². The molecule has 0 fully saturated rings. The highest BCUT2D eigenvalue weighted by atomic mass is 15.1. The van der Waals surface area contributed by atoms with Crippen LogP contribution in [0.15, 0.2) is 60.8 Å². The van der Waals surface area contributed by atoms with Gasteiger partial charge >= 0.3 is 0 Å². The van der Waals surface area contributed by atoms with Crippen LogP contribution < -0.4 is 0 Å². The van der Waals surface area contributed by atoms with Gasteiger partial charge in [-0.1, -0.05) is 56.3 Å². The van der Waals surface area contributed by atoms with Crippen LogP contribution in [-0.4, -0.2) is 30.0 Å². The third kappa shape index (κ3) is 5.99. The molecule has 1 heterocycles. The van der Waals surface area contributed by atoms with E-state index in [1.807, 2.05) is 18.3 Å². The smallest absolute Gasteiger partial charge is 0.0705 e. The molecule has 2 heteroatoms. The second kappa shape index (κ2) is 9.26. The molecule has 0 saturated carbocycles. The topological polar surface area (TPSA) is 16.1 Å². The first-order chi connectivity index (χ1) is 11.2. The van der Waals surface area contributed by atoms with Crippen molar-refractivity contribution in [3.63, 3.8) is 0 Å². The van der Waals surface area contributed by atoms with Crippen LogP contribution >= 0.6 is 0 Å². The lowest BCUT2D eigenvalue weighted by Gasteiger charge is -2.16. The molecule has 0 atom stereocenters. The molecule has 0 aliphatic carbocycles. The summed E-state index contributed by atoms with van der Waals surface area (Å²) in [5.74, 6) is 0.785. The number of nitrogens with zero attached hydrogens (tertiary/aromatic N) is 2. The van der Waals surface area contributed by atoms with Crippen LogP contribution in [0.4, 0.5) is 0 Å². The molecule has 0 N–H and O–H groups in total. The van der Waals surface area contributed by atoms with Gasteiger partial charge in [-0.3, -0.25) is 4.98 Å². The fourth-order valence-corrected chi connectivity index (χ4v) is 2.62. The lowest BCUT2D eigenvalue weighted by molar-refractivity contribution is 0.348. The lowest BCUT2D eigenvalue weighted by Crippen LogP contribution is -2.20. The van der Waals surface area contributed by atoms with E-state index in [0.29, 0.717) is 0 Å². The Kier molecular flexibility index (Phi) is 7.02. The number of rotatable bonds is 8. The van der Waals surface area contributed by atoms with Crippen LogP contribution in [0.2, 0.25) is 0 Å². The molecule has 0 bridgehead atoms. The molecular formula is C21H28N2. The number of benzene rings is 1. The molecule has 0 spiro atoms. The molecule has 0 saturated heterocycles.